The zero-order chi connectivity index (χ0) is 17.5. The quantitative estimate of drug-likeness (QED) is 0.347. The number of anilines is 1. The van der Waals surface area contributed by atoms with Crippen molar-refractivity contribution in [3.05, 3.63) is 68.3 Å². The molecule has 0 bridgehead atoms. The Morgan fingerprint density at radius 1 is 1.12 bits per heavy atom. The van der Waals surface area contributed by atoms with E-state index in [9.17, 15) is 25.3 Å². The van der Waals surface area contributed by atoms with Gasteiger partial charge < -0.3 is 10.4 Å². The molecule has 0 unspecified atom stereocenters. The predicted octanol–water partition coefficient (Wildman–Crippen LogP) is 2.74. The number of nitro benzene ring substituents is 2. The summed E-state index contributed by atoms with van der Waals surface area (Å²) in [6.07, 6.45) is 1.32. The average molecular weight is 330 g/mol. The van der Waals surface area contributed by atoms with Gasteiger partial charge in [-0.3, -0.25) is 25.2 Å². The Labute approximate surface area is 136 Å². The van der Waals surface area contributed by atoms with Crippen LogP contribution in [0.25, 0.3) is 0 Å². The number of phenols is 1. The van der Waals surface area contributed by atoms with Crippen LogP contribution in [-0.4, -0.2) is 34.3 Å². The Bertz CT molecular complexity index is 791. The summed E-state index contributed by atoms with van der Waals surface area (Å²) in [5, 5.41) is 34.1. The van der Waals surface area contributed by atoms with Gasteiger partial charge in [0.1, 0.15) is 11.4 Å². The number of hydrogen-bond acceptors (Lipinski definition) is 7. The van der Waals surface area contributed by atoms with Gasteiger partial charge in [0.25, 0.3) is 11.4 Å². The molecule has 2 rings (SSSR count). The lowest BCUT2D eigenvalue weighted by Crippen LogP contribution is -2.07. The minimum absolute atomic E-state index is 0.0298. The van der Waals surface area contributed by atoms with Crippen molar-refractivity contribution in [3.8, 4) is 5.75 Å². The van der Waals surface area contributed by atoms with Gasteiger partial charge in [0.15, 0.2) is 0 Å². The molecular formula is C15H14N4O5. The molecule has 124 valence electrons. The third-order valence-corrected chi connectivity index (χ3v) is 3.11. The summed E-state index contributed by atoms with van der Waals surface area (Å²) in [6.45, 7) is 0.602. The fourth-order valence-electron chi connectivity index (χ4n) is 1.96. The maximum atomic E-state index is 10.9. The van der Waals surface area contributed by atoms with Crippen molar-refractivity contribution in [2.75, 3.05) is 18.4 Å². The number of hydrogen-bond donors (Lipinski definition) is 2. The molecule has 9 heteroatoms. The van der Waals surface area contributed by atoms with Gasteiger partial charge >= 0.3 is 0 Å². The summed E-state index contributed by atoms with van der Waals surface area (Å²) in [5.41, 5.74) is 0.441. The van der Waals surface area contributed by atoms with Gasteiger partial charge in [-0.1, -0.05) is 12.1 Å². The third-order valence-electron chi connectivity index (χ3n) is 3.11. The second-order valence-corrected chi connectivity index (χ2v) is 4.74. The Hall–Kier alpha value is -3.49. The summed E-state index contributed by atoms with van der Waals surface area (Å²) in [7, 11) is 0. The molecule has 0 amide bonds. The van der Waals surface area contributed by atoms with Crippen LogP contribution in [0.5, 0.6) is 5.75 Å². The number of rotatable bonds is 7. The van der Waals surface area contributed by atoms with Crippen LogP contribution >= 0.6 is 0 Å². The monoisotopic (exact) mass is 330 g/mol. The molecule has 0 radical (unpaired) electrons. The van der Waals surface area contributed by atoms with Crippen LogP contribution in [0, 0.1) is 20.2 Å². The first kappa shape index (κ1) is 16.9. The zero-order valence-electron chi connectivity index (χ0n) is 12.5. The van der Waals surface area contributed by atoms with Crippen molar-refractivity contribution >= 4 is 23.3 Å². The zero-order valence-corrected chi connectivity index (χ0v) is 12.5. The number of nitrogens with zero attached hydrogens (tertiary/aromatic N) is 3. The number of phenolic OH excluding ortho intramolecular Hbond substituents is 1. The fraction of sp³-hybridized carbons (Fsp3) is 0.133. The molecule has 2 aromatic carbocycles. The standard InChI is InChI=1S/C15H14N4O5/c20-15-6-5-12(18(21)22)9-11(15)10-16-7-8-17-13-3-1-2-4-14(13)19(23)24/h1-6,9-10,17,20H,7-8H2. The number of non-ortho nitro benzene ring substituents is 1. The van der Waals surface area contributed by atoms with Crippen LogP contribution in [0.4, 0.5) is 17.1 Å². The minimum atomic E-state index is -0.563. The van der Waals surface area contributed by atoms with E-state index in [0.717, 1.165) is 0 Å². The number of aromatic hydroxyl groups is 1. The lowest BCUT2D eigenvalue weighted by atomic mass is 10.2. The molecule has 0 saturated heterocycles. The molecule has 0 saturated carbocycles. The first-order chi connectivity index (χ1) is 11.5. The van der Waals surface area contributed by atoms with Gasteiger partial charge in [-0.15, -0.1) is 0 Å². The van der Waals surface area contributed by atoms with E-state index in [2.05, 4.69) is 10.3 Å². The lowest BCUT2D eigenvalue weighted by Gasteiger charge is -2.05. The molecule has 0 aromatic heterocycles. The highest BCUT2D eigenvalue weighted by molar-refractivity contribution is 5.84. The first-order valence-corrected chi connectivity index (χ1v) is 6.93. The van der Waals surface area contributed by atoms with Crippen molar-refractivity contribution in [2.24, 2.45) is 4.99 Å². The van der Waals surface area contributed by atoms with Gasteiger partial charge in [0.05, 0.1) is 16.4 Å². The molecule has 2 N–H and O–H groups in total. The van der Waals surface area contributed by atoms with Crippen molar-refractivity contribution in [1.82, 2.24) is 0 Å². The molecule has 0 heterocycles. The number of aliphatic imine (C=N–C) groups is 1. The Morgan fingerprint density at radius 2 is 1.88 bits per heavy atom. The average Bonchev–Trinajstić information content (AvgIpc) is 2.56. The third kappa shape index (κ3) is 4.26. The van der Waals surface area contributed by atoms with Crippen LogP contribution in [0.2, 0.25) is 0 Å². The normalized spacial score (nSPS) is 10.7. The molecule has 9 nitrogen and oxygen atoms in total. The van der Waals surface area contributed by atoms with E-state index in [1.807, 2.05) is 0 Å². The molecular weight excluding hydrogens is 316 g/mol. The topological polar surface area (TPSA) is 131 Å². The summed E-state index contributed by atoms with van der Waals surface area (Å²) in [4.78, 5) is 24.6. The van der Waals surface area contributed by atoms with E-state index in [1.165, 1.54) is 30.5 Å². The lowest BCUT2D eigenvalue weighted by molar-refractivity contribution is -0.384. The van der Waals surface area contributed by atoms with Crippen molar-refractivity contribution in [3.63, 3.8) is 0 Å². The molecule has 0 aliphatic heterocycles. The number of nitro groups is 2. The Morgan fingerprint density at radius 3 is 2.58 bits per heavy atom. The van der Waals surface area contributed by atoms with E-state index in [-0.39, 0.29) is 29.2 Å². The van der Waals surface area contributed by atoms with E-state index in [4.69, 9.17) is 0 Å². The molecule has 0 aliphatic carbocycles. The molecule has 2 aromatic rings. The SMILES string of the molecule is O=[N+]([O-])c1ccc(O)c(C=NCCNc2ccccc2[N+](=O)[O-])c1. The maximum absolute atomic E-state index is 10.9. The van der Waals surface area contributed by atoms with Gasteiger partial charge in [0, 0.05) is 36.5 Å². The Kier molecular flexibility index (Phi) is 5.40. The predicted molar refractivity (Wildman–Crippen MR) is 88.8 cm³/mol. The van der Waals surface area contributed by atoms with Crippen LogP contribution in [0.15, 0.2) is 47.5 Å². The first-order valence-electron chi connectivity index (χ1n) is 6.93. The molecule has 24 heavy (non-hydrogen) atoms. The highest BCUT2D eigenvalue weighted by Crippen LogP contribution is 2.23. The number of para-hydroxylation sites is 2. The van der Waals surface area contributed by atoms with Crippen molar-refractivity contribution in [2.45, 2.75) is 0 Å². The molecule has 0 aliphatic rings. The van der Waals surface area contributed by atoms with Crippen LogP contribution in [-0.2, 0) is 0 Å². The van der Waals surface area contributed by atoms with Crippen molar-refractivity contribution in [1.29, 1.82) is 0 Å². The summed E-state index contributed by atoms with van der Waals surface area (Å²) < 4.78 is 0. The molecule has 0 atom stereocenters. The van der Waals surface area contributed by atoms with Crippen LogP contribution in [0.1, 0.15) is 5.56 Å². The van der Waals surface area contributed by atoms with E-state index in [0.29, 0.717) is 12.2 Å². The second-order valence-electron chi connectivity index (χ2n) is 4.74. The minimum Gasteiger partial charge on any atom is -0.507 e. The van der Waals surface area contributed by atoms with E-state index >= 15 is 0 Å². The molecule has 0 fully saturated rings. The summed E-state index contributed by atoms with van der Waals surface area (Å²) in [6, 6.07) is 9.88. The highest BCUT2D eigenvalue weighted by Gasteiger charge is 2.11. The Balaban J connectivity index is 1.95. The second kappa shape index (κ2) is 7.68. The number of nitrogens with one attached hydrogen (secondary N) is 1. The molecule has 0 spiro atoms. The van der Waals surface area contributed by atoms with E-state index < -0.39 is 9.85 Å². The van der Waals surface area contributed by atoms with Gasteiger partial charge in [-0.05, 0) is 12.1 Å². The highest BCUT2D eigenvalue weighted by atomic mass is 16.6. The van der Waals surface area contributed by atoms with Crippen LogP contribution in [0.3, 0.4) is 0 Å². The summed E-state index contributed by atoms with van der Waals surface area (Å²) in [5.74, 6) is -0.115. The van der Waals surface area contributed by atoms with Gasteiger partial charge in [-0.2, -0.15) is 0 Å². The fourth-order valence-corrected chi connectivity index (χ4v) is 1.96. The summed E-state index contributed by atoms with van der Waals surface area (Å²) >= 11 is 0. The largest absolute Gasteiger partial charge is 0.507 e. The maximum Gasteiger partial charge on any atom is 0.292 e. The van der Waals surface area contributed by atoms with Gasteiger partial charge in [-0.25, -0.2) is 0 Å². The van der Waals surface area contributed by atoms with Gasteiger partial charge in [0.2, 0.25) is 0 Å². The van der Waals surface area contributed by atoms with Crippen LogP contribution < -0.4 is 5.32 Å². The van der Waals surface area contributed by atoms with Crippen molar-refractivity contribution < 1.29 is 15.0 Å². The van der Waals surface area contributed by atoms with E-state index in [1.54, 1.807) is 18.2 Å². The smallest absolute Gasteiger partial charge is 0.292 e. The number of benzene rings is 2.